The maximum atomic E-state index is 13.7. The van der Waals surface area contributed by atoms with Gasteiger partial charge in [0.25, 0.3) is 0 Å². The minimum absolute atomic E-state index is 0.0123. The highest BCUT2D eigenvalue weighted by Crippen LogP contribution is 2.30. The Morgan fingerprint density at radius 2 is 2.13 bits per heavy atom. The zero-order valence-corrected chi connectivity index (χ0v) is 17.1. The van der Waals surface area contributed by atoms with Gasteiger partial charge < -0.3 is 9.64 Å². The normalized spacial score (nSPS) is 19.5. The minimum atomic E-state index is -0.515. The molecule has 1 aliphatic heterocycles. The summed E-state index contributed by atoms with van der Waals surface area (Å²) in [5.74, 6) is 0.751. The Hall–Kier alpha value is -3.04. The van der Waals surface area contributed by atoms with Crippen LogP contribution < -0.4 is 4.90 Å². The van der Waals surface area contributed by atoms with Crippen LogP contribution in [0.1, 0.15) is 24.3 Å². The van der Waals surface area contributed by atoms with Gasteiger partial charge in [0.2, 0.25) is 0 Å². The number of morpholine rings is 1. The number of nitrogens with zero attached hydrogens (tertiary/aromatic N) is 6. The van der Waals surface area contributed by atoms with E-state index < -0.39 is 5.82 Å². The predicted molar refractivity (Wildman–Crippen MR) is 110 cm³/mol. The second-order valence-electron chi connectivity index (χ2n) is 7.37. The fourth-order valence-corrected chi connectivity index (χ4v) is 3.94. The number of pyridine rings is 1. The Bertz CT molecular complexity index is 1220. The van der Waals surface area contributed by atoms with Crippen LogP contribution in [0.3, 0.4) is 0 Å². The molecular formula is C20H19ClFN7O. The van der Waals surface area contributed by atoms with E-state index in [1.54, 1.807) is 16.8 Å². The van der Waals surface area contributed by atoms with Crippen LogP contribution in [0.25, 0.3) is 17.2 Å². The van der Waals surface area contributed by atoms with Crippen LogP contribution in [-0.4, -0.2) is 48.7 Å². The van der Waals surface area contributed by atoms with Crippen LogP contribution in [-0.2, 0) is 4.74 Å². The SMILES string of the molecule is Cc1[nH]ncc1[C@H]1CN(c2ccnc(-c3cnc4cc(F)c(Cl)cn34)n2)C[C@@H](C)O1. The van der Waals surface area contributed by atoms with Gasteiger partial charge in [-0.25, -0.2) is 19.3 Å². The Kier molecular flexibility index (Phi) is 4.63. The highest BCUT2D eigenvalue weighted by molar-refractivity contribution is 6.30. The van der Waals surface area contributed by atoms with Crippen LogP contribution in [0.4, 0.5) is 10.2 Å². The number of nitrogens with one attached hydrogen (secondary N) is 1. The molecule has 1 aliphatic rings. The molecule has 0 aromatic carbocycles. The molecule has 0 bridgehead atoms. The smallest absolute Gasteiger partial charge is 0.180 e. The first-order valence-electron chi connectivity index (χ1n) is 9.55. The van der Waals surface area contributed by atoms with E-state index >= 15 is 0 Å². The number of rotatable bonds is 3. The van der Waals surface area contributed by atoms with Crippen LogP contribution in [0.2, 0.25) is 5.02 Å². The number of fused-ring (bicyclic) bond motifs is 1. The zero-order chi connectivity index (χ0) is 20.8. The molecule has 154 valence electrons. The average Bonchev–Trinajstić information content (AvgIpc) is 3.34. The van der Waals surface area contributed by atoms with E-state index in [4.69, 9.17) is 21.3 Å². The van der Waals surface area contributed by atoms with Gasteiger partial charge in [0.15, 0.2) is 5.82 Å². The number of ether oxygens (including phenoxy) is 1. The van der Waals surface area contributed by atoms with Gasteiger partial charge in [-0.05, 0) is 19.9 Å². The van der Waals surface area contributed by atoms with E-state index in [-0.39, 0.29) is 17.2 Å². The molecule has 2 atom stereocenters. The number of anilines is 1. The molecule has 5 rings (SSSR count). The van der Waals surface area contributed by atoms with Crippen molar-refractivity contribution < 1.29 is 9.13 Å². The predicted octanol–water partition coefficient (Wildman–Crippen LogP) is 3.58. The number of hydrogen-bond acceptors (Lipinski definition) is 6. The number of aryl methyl sites for hydroxylation is 1. The lowest BCUT2D eigenvalue weighted by atomic mass is 10.1. The maximum absolute atomic E-state index is 13.7. The molecule has 0 unspecified atom stereocenters. The Balaban J connectivity index is 1.49. The van der Waals surface area contributed by atoms with Crippen LogP contribution >= 0.6 is 11.6 Å². The summed E-state index contributed by atoms with van der Waals surface area (Å²) in [6.07, 6.45) is 6.53. The molecular weight excluding hydrogens is 409 g/mol. The Morgan fingerprint density at radius 3 is 2.93 bits per heavy atom. The number of halogens is 2. The van der Waals surface area contributed by atoms with Crippen molar-refractivity contribution in [1.82, 2.24) is 29.5 Å². The summed E-state index contributed by atoms with van der Waals surface area (Å²) >= 11 is 5.96. The molecule has 0 spiro atoms. The first-order valence-corrected chi connectivity index (χ1v) is 9.93. The molecule has 0 aliphatic carbocycles. The molecule has 8 nitrogen and oxygen atoms in total. The van der Waals surface area contributed by atoms with E-state index in [1.807, 2.05) is 26.1 Å². The van der Waals surface area contributed by atoms with Gasteiger partial charge in [-0.1, -0.05) is 11.6 Å². The summed E-state index contributed by atoms with van der Waals surface area (Å²) in [6, 6.07) is 3.16. The third-order valence-electron chi connectivity index (χ3n) is 5.22. The molecule has 10 heteroatoms. The summed E-state index contributed by atoms with van der Waals surface area (Å²) in [4.78, 5) is 15.6. The van der Waals surface area contributed by atoms with Gasteiger partial charge in [-0.2, -0.15) is 5.10 Å². The van der Waals surface area contributed by atoms with Crippen molar-refractivity contribution in [1.29, 1.82) is 0 Å². The Morgan fingerprint density at radius 1 is 1.27 bits per heavy atom. The van der Waals surface area contributed by atoms with Gasteiger partial charge in [0.1, 0.15) is 29.1 Å². The second-order valence-corrected chi connectivity index (χ2v) is 7.78. The number of aromatic nitrogens is 6. The third kappa shape index (κ3) is 3.29. The van der Waals surface area contributed by atoms with E-state index in [0.717, 1.165) is 17.1 Å². The second kappa shape index (κ2) is 7.33. The quantitative estimate of drug-likeness (QED) is 0.538. The molecule has 30 heavy (non-hydrogen) atoms. The van der Waals surface area contributed by atoms with E-state index in [1.165, 1.54) is 12.3 Å². The first-order chi connectivity index (χ1) is 14.5. The van der Waals surface area contributed by atoms with Crippen molar-refractivity contribution in [3.63, 3.8) is 0 Å². The third-order valence-corrected chi connectivity index (χ3v) is 5.50. The van der Waals surface area contributed by atoms with Crippen molar-refractivity contribution in [2.75, 3.05) is 18.0 Å². The van der Waals surface area contributed by atoms with Gasteiger partial charge in [0, 0.05) is 36.3 Å². The molecule has 4 aromatic heterocycles. The van der Waals surface area contributed by atoms with Crippen molar-refractivity contribution >= 4 is 23.1 Å². The summed E-state index contributed by atoms with van der Waals surface area (Å²) in [6.45, 7) is 5.37. The van der Waals surface area contributed by atoms with Gasteiger partial charge >= 0.3 is 0 Å². The van der Waals surface area contributed by atoms with E-state index in [0.29, 0.717) is 30.3 Å². The number of imidazole rings is 1. The number of hydrogen-bond donors (Lipinski definition) is 1. The van der Waals surface area contributed by atoms with Crippen LogP contribution in [0.5, 0.6) is 0 Å². The Labute approximate surface area is 176 Å². The standard InChI is InChI=1S/C20H19ClFN7O/c1-11-8-28(10-17(30-11)13-6-25-27-12(13)2)18-3-4-23-20(26-18)16-7-24-19-5-15(22)14(21)9-29(16)19/h3-7,9,11,17H,8,10H2,1-2H3,(H,25,27)/t11-,17-/m1/s1. The van der Waals surface area contributed by atoms with E-state index in [2.05, 4.69) is 25.1 Å². The topological polar surface area (TPSA) is 84.2 Å². The van der Waals surface area contributed by atoms with Gasteiger partial charge in [-0.3, -0.25) is 9.50 Å². The largest absolute Gasteiger partial charge is 0.367 e. The van der Waals surface area contributed by atoms with Crippen molar-refractivity contribution in [2.24, 2.45) is 0 Å². The molecule has 0 saturated carbocycles. The number of H-pyrrole nitrogens is 1. The van der Waals surface area contributed by atoms with Gasteiger partial charge in [-0.15, -0.1) is 0 Å². The molecule has 0 radical (unpaired) electrons. The first kappa shape index (κ1) is 19.0. The zero-order valence-electron chi connectivity index (χ0n) is 16.4. The molecule has 1 N–H and O–H groups in total. The van der Waals surface area contributed by atoms with Gasteiger partial charge in [0.05, 0.1) is 30.1 Å². The lowest BCUT2D eigenvalue weighted by molar-refractivity contribution is -0.0178. The van der Waals surface area contributed by atoms with Crippen molar-refractivity contribution in [3.8, 4) is 11.5 Å². The fraction of sp³-hybridized carbons (Fsp3) is 0.300. The lowest BCUT2D eigenvalue weighted by Gasteiger charge is -2.37. The van der Waals surface area contributed by atoms with Crippen molar-refractivity contribution in [2.45, 2.75) is 26.1 Å². The lowest BCUT2D eigenvalue weighted by Crippen LogP contribution is -2.43. The van der Waals surface area contributed by atoms with Crippen LogP contribution in [0.15, 0.2) is 36.9 Å². The summed E-state index contributed by atoms with van der Waals surface area (Å²) in [5.41, 5.74) is 3.11. The highest BCUT2D eigenvalue weighted by Gasteiger charge is 2.29. The molecule has 1 saturated heterocycles. The summed E-state index contributed by atoms with van der Waals surface area (Å²) in [7, 11) is 0. The number of aromatic amines is 1. The molecule has 0 amide bonds. The van der Waals surface area contributed by atoms with Crippen molar-refractivity contribution in [3.05, 3.63) is 59.0 Å². The summed E-state index contributed by atoms with van der Waals surface area (Å²) < 4.78 is 21.6. The molecule has 4 aromatic rings. The average molecular weight is 428 g/mol. The monoisotopic (exact) mass is 427 g/mol. The fourth-order valence-electron chi connectivity index (χ4n) is 3.78. The van der Waals surface area contributed by atoms with Crippen LogP contribution in [0, 0.1) is 12.7 Å². The highest BCUT2D eigenvalue weighted by atomic mass is 35.5. The maximum Gasteiger partial charge on any atom is 0.180 e. The van der Waals surface area contributed by atoms with E-state index in [9.17, 15) is 4.39 Å². The minimum Gasteiger partial charge on any atom is -0.367 e. The molecule has 5 heterocycles. The molecule has 1 fully saturated rings. The summed E-state index contributed by atoms with van der Waals surface area (Å²) in [5, 5.41) is 7.09.